The number of aliphatic carboxylic acids is 1. The van der Waals surface area contributed by atoms with Crippen molar-refractivity contribution in [2.45, 2.75) is 24.8 Å². The van der Waals surface area contributed by atoms with Crippen molar-refractivity contribution < 1.29 is 9.90 Å². The zero-order valence-electron chi connectivity index (χ0n) is 7.75. The van der Waals surface area contributed by atoms with Gasteiger partial charge in [-0.25, -0.2) is 0 Å². The molecule has 1 heterocycles. The van der Waals surface area contributed by atoms with Crippen LogP contribution in [-0.4, -0.2) is 47.7 Å². The number of nitrogens with zero attached hydrogens (tertiary/aromatic N) is 1. The van der Waals surface area contributed by atoms with Crippen molar-refractivity contribution in [3.63, 3.8) is 0 Å². The molecule has 0 unspecified atom stereocenters. The van der Waals surface area contributed by atoms with Gasteiger partial charge in [0.15, 0.2) is 0 Å². The van der Waals surface area contributed by atoms with E-state index in [0.717, 1.165) is 39.0 Å². The molecule has 0 bridgehead atoms. The highest BCUT2D eigenvalue weighted by Crippen LogP contribution is 2.44. The Hall–Kier alpha value is -0.610. The predicted molar refractivity (Wildman–Crippen MR) is 48.7 cm³/mol. The van der Waals surface area contributed by atoms with E-state index in [2.05, 4.69) is 10.2 Å². The summed E-state index contributed by atoms with van der Waals surface area (Å²) < 4.78 is 0. The largest absolute Gasteiger partial charge is 0.481 e. The van der Waals surface area contributed by atoms with Gasteiger partial charge in [0.2, 0.25) is 0 Å². The standard InChI is InChI=1S/C9H16N2O2/c12-8(13)7-9(1-2-9)11-5-3-10-4-6-11/h10H,1-7H2,(H,12,13). The van der Waals surface area contributed by atoms with Gasteiger partial charge in [0.25, 0.3) is 0 Å². The van der Waals surface area contributed by atoms with Gasteiger partial charge in [-0.05, 0) is 12.8 Å². The average molecular weight is 184 g/mol. The Labute approximate surface area is 77.9 Å². The number of carboxylic acid groups (broad SMARTS) is 1. The first-order chi connectivity index (χ1) is 6.23. The molecule has 4 heteroatoms. The van der Waals surface area contributed by atoms with Gasteiger partial charge in [-0.3, -0.25) is 9.69 Å². The lowest BCUT2D eigenvalue weighted by Crippen LogP contribution is -2.50. The van der Waals surface area contributed by atoms with Crippen LogP contribution in [0.3, 0.4) is 0 Å². The molecule has 13 heavy (non-hydrogen) atoms. The molecule has 1 aliphatic carbocycles. The molecule has 0 amide bonds. The van der Waals surface area contributed by atoms with Crippen molar-refractivity contribution in [3.8, 4) is 0 Å². The first-order valence-corrected chi connectivity index (χ1v) is 4.91. The number of carboxylic acids is 1. The Morgan fingerprint density at radius 2 is 2.00 bits per heavy atom. The highest BCUT2D eigenvalue weighted by molar-refractivity contribution is 5.69. The Kier molecular flexibility index (Phi) is 2.26. The van der Waals surface area contributed by atoms with Gasteiger partial charge < -0.3 is 10.4 Å². The molecule has 2 N–H and O–H groups in total. The van der Waals surface area contributed by atoms with Crippen LogP contribution >= 0.6 is 0 Å². The first kappa shape index (κ1) is 8.97. The molecule has 2 aliphatic rings. The molecular formula is C9H16N2O2. The molecule has 0 aromatic carbocycles. The summed E-state index contributed by atoms with van der Waals surface area (Å²) in [5, 5.41) is 12.1. The van der Waals surface area contributed by atoms with Crippen LogP contribution in [0.15, 0.2) is 0 Å². The summed E-state index contributed by atoms with van der Waals surface area (Å²) >= 11 is 0. The molecule has 1 saturated heterocycles. The molecule has 0 aromatic heterocycles. The number of piperazine rings is 1. The Morgan fingerprint density at radius 1 is 1.38 bits per heavy atom. The molecule has 2 rings (SSSR count). The van der Waals surface area contributed by atoms with E-state index in [1.54, 1.807) is 0 Å². The zero-order valence-corrected chi connectivity index (χ0v) is 7.75. The fourth-order valence-electron chi connectivity index (χ4n) is 2.17. The molecule has 0 radical (unpaired) electrons. The molecular weight excluding hydrogens is 168 g/mol. The molecule has 1 saturated carbocycles. The lowest BCUT2D eigenvalue weighted by molar-refractivity contribution is -0.138. The van der Waals surface area contributed by atoms with E-state index >= 15 is 0 Å². The fourth-order valence-corrected chi connectivity index (χ4v) is 2.17. The minimum atomic E-state index is -0.656. The van der Waals surface area contributed by atoms with E-state index in [0.29, 0.717) is 6.42 Å². The number of hydrogen-bond donors (Lipinski definition) is 2. The molecule has 0 aromatic rings. The van der Waals surface area contributed by atoms with Crippen molar-refractivity contribution in [2.24, 2.45) is 0 Å². The minimum Gasteiger partial charge on any atom is -0.481 e. The maximum absolute atomic E-state index is 10.7. The normalized spacial score (nSPS) is 27.1. The lowest BCUT2D eigenvalue weighted by atomic mass is 10.1. The second-order valence-electron chi connectivity index (χ2n) is 4.03. The Balaban J connectivity index is 1.93. The third-order valence-corrected chi connectivity index (χ3v) is 3.10. The zero-order chi connectivity index (χ0) is 9.31. The second-order valence-corrected chi connectivity index (χ2v) is 4.03. The van der Waals surface area contributed by atoms with Crippen molar-refractivity contribution in [3.05, 3.63) is 0 Å². The Bertz CT molecular complexity index is 208. The van der Waals surface area contributed by atoms with Gasteiger partial charge in [0, 0.05) is 31.7 Å². The summed E-state index contributed by atoms with van der Waals surface area (Å²) in [5.41, 5.74) is 0.0356. The van der Waals surface area contributed by atoms with Crippen LogP contribution in [-0.2, 0) is 4.79 Å². The highest BCUT2D eigenvalue weighted by Gasteiger charge is 2.49. The van der Waals surface area contributed by atoms with Crippen LogP contribution in [0.25, 0.3) is 0 Å². The first-order valence-electron chi connectivity index (χ1n) is 4.91. The third-order valence-electron chi connectivity index (χ3n) is 3.10. The van der Waals surface area contributed by atoms with E-state index in [1.807, 2.05) is 0 Å². The summed E-state index contributed by atoms with van der Waals surface area (Å²) in [5.74, 6) is -0.656. The number of rotatable bonds is 3. The van der Waals surface area contributed by atoms with E-state index in [4.69, 9.17) is 5.11 Å². The maximum Gasteiger partial charge on any atom is 0.305 e. The number of nitrogens with one attached hydrogen (secondary N) is 1. The van der Waals surface area contributed by atoms with Crippen LogP contribution < -0.4 is 5.32 Å². The van der Waals surface area contributed by atoms with Crippen molar-refractivity contribution >= 4 is 5.97 Å². The third kappa shape index (κ3) is 1.84. The van der Waals surface area contributed by atoms with E-state index in [9.17, 15) is 4.79 Å². The lowest BCUT2D eigenvalue weighted by Gasteiger charge is -2.34. The molecule has 1 aliphatic heterocycles. The SMILES string of the molecule is O=C(O)CC1(N2CCNCC2)CC1. The summed E-state index contributed by atoms with van der Waals surface area (Å²) in [6.45, 7) is 4.02. The van der Waals surface area contributed by atoms with Crippen LogP contribution in [0.5, 0.6) is 0 Å². The second kappa shape index (κ2) is 3.27. The van der Waals surface area contributed by atoms with Gasteiger partial charge >= 0.3 is 5.97 Å². The quantitative estimate of drug-likeness (QED) is 0.643. The summed E-state index contributed by atoms with van der Waals surface area (Å²) in [7, 11) is 0. The van der Waals surface area contributed by atoms with Crippen LogP contribution in [0.2, 0.25) is 0 Å². The number of hydrogen-bond acceptors (Lipinski definition) is 3. The average Bonchev–Trinajstić information content (AvgIpc) is 2.86. The van der Waals surface area contributed by atoms with Gasteiger partial charge in [-0.15, -0.1) is 0 Å². The molecule has 4 nitrogen and oxygen atoms in total. The van der Waals surface area contributed by atoms with E-state index in [-0.39, 0.29) is 5.54 Å². The van der Waals surface area contributed by atoms with Gasteiger partial charge in [0.1, 0.15) is 0 Å². The van der Waals surface area contributed by atoms with Crippen LogP contribution in [0.4, 0.5) is 0 Å². The van der Waals surface area contributed by atoms with Gasteiger partial charge in [-0.2, -0.15) is 0 Å². The summed E-state index contributed by atoms with van der Waals surface area (Å²) in [6, 6.07) is 0. The van der Waals surface area contributed by atoms with E-state index < -0.39 is 5.97 Å². The van der Waals surface area contributed by atoms with Crippen LogP contribution in [0.1, 0.15) is 19.3 Å². The van der Waals surface area contributed by atoms with Crippen LogP contribution in [0, 0.1) is 0 Å². The maximum atomic E-state index is 10.7. The monoisotopic (exact) mass is 184 g/mol. The van der Waals surface area contributed by atoms with Crippen molar-refractivity contribution in [2.75, 3.05) is 26.2 Å². The van der Waals surface area contributed by atoms with Gasteiger partial charge in [-0.1, -0.05) is 0 Å². The van der Waals surface area contributed by atoms with Crippen molar-refractivity contribution in [1.29, 1.82) is 0 Å². The molecule has 74 valence electrons. The van der Waals surface area contributed by atoms with E-state index in [1.165, 1.54) is 0 Å². The fraction of sp³-hybridized carbons (Fsp3) is 0.889. The summed E-state index contributed by atoms with van der Waals surface area (Å²) in [4.78, 5) is 13.0. The van der Waals surface area contributed by atoms with Gasteiger partial charge in [0.05, 0.1) is 6.42 Å². The predicted octanol–water partition coefficient (Wildman–Crippen LogP) is -0.101. The molecule has 0 atom stereocenters. The smallest absolute Gasteiger partial charge is 0.305 e. The number of carbonyl (C=O) groups is 1. The molecule has 2 fully saturated rings. The minimum absolute atomic E-state index is 0.0356. The Morgan fingerprint density at radius 3 is 2.46 bits per heavy atom. The highest BCUT2D eigenvalue weighted by atomic mass is 16.4. The van der Waals surface area contributed by atoms with Crippen molar-refractivity contribution in [1.82, 2.24) is 10.2 Å². The topological polar surface area (TPSA) is 52.6 Å². The molecule has 0 spiro atoms. The summed E-state index contributed by atoms with van der Waals surface area (Å²) in [6.07, 6.45) is 2.46.